The molecule has 0 saturated carbocycles. The van der Waals surface area contributed by atoms with E-state index >= 15 is 0 Å². The Morgan fingerprint density at radius 3 is 2.20 bits per heavy atom. The number of fused-ring (bicyclic) bond motifs is 3. The summed E-state index contributed by atoms with van der Waals surface area (Å²) >= 11 is 0.902. The molecule has 3 aromatic carbocycles. The van der Waals surface area contributed by atoms with E-state index in [1.165, 1.54) is 36.2 Å². The van der Waals surface area contributed by atoms with Gasteiger partial charge in [-0.2, -0.15) is 8.42 Å². The fourth-order valence-corrected chi connectivity index (χ4v) is 7.85. The number of rotatable bonds is 4. The molecule has 2 amide bonds. The second-order valence-electron chi connectivity index (χ2n) is 9.20. The van der Waals surface area contributed by atoms with Crippen LogP contribution in [0.4, 0.5) is 5.69 Å². The van der Waals surface area contributed by atoms with E-state index in [0.29, 0.717) is 11.1 Å². The highest BCUT2D eigenvalue weighted by molar-refractivity contribution is 8.02. The highest BCUT2D eigenvalue weighted by Crippen LogP contribution is 2.54. The Morgan fingerprint density at radius 2 is 1.62 bits per heavy atom. The largest absolute Gasteiger partial charge is 0.449 e. The molecule has 2 bridgehead atoms. The standard InChI is InChI=1S/C28H22N2O7S2.CH4/c1-18(31)30-21-13-8-14-22(15-21)39(34,35)37-28(30)23(17-29-24(32)16-25(29)38-28)27(33)36-26(19-9-4-2-5-10-19)20-11-6-3-7-12-20;/h2-15,17,25-26H,16H2,1H3;1H4/t25-,28?;/m1./s1. The van der Waals surface area contributed by atoms with Gasteiger partial charge in [0.15, 0.2) is 6.10 Å². The normalized spacial score (nSPS) is 22.4. The third-order valence-corrected chi connectivity index (χ3v) is 9.57. The third kappa shape index (κ3) is 4.49. The number of amides is 2. The van der Waals surface area contributed by atoms with E-state index in [1.807, 2.05) is 36.4 Å². The van der Waals surface area contributed by atoms with Crippen molar-refractivity contribution in [3.05, 3.63) is 108 Å². The summed E-state index contributed by atoms with van der Waals surface area (Å²) in [7, 11) is -4.43. The number of esters is 1. The molecular formula is C29H26N2O7S2. The first-order valence-electron chi connectivity index (χ1n) is 12.1. The molecule has 3 aromatic rings. The molecule has 1 unspecified atom stereocenters. The van der Waals surface area contributed by atoms with Gasteiger partial charge in [0, 0.05) is 18.8 Å². The minimum atomic E-state index is -4.43. The van der Waals surface area contributed by atoms with E-state index in [9.17, 15) is 22.8 Å². The molecule has 9 nitrogen and oxygen atoms in total. The van der Waals surface area contributed by atoms with Gasteiger partial charge < -0.3 is 9.64 Å². The lowest BCUT2D eigenvalue weighted by Gasteiger charge is -2.50. The molecule has 11 heteroatoms. The lowest BCUT2D eigenvalue weighted by atomic mass is 10.0. The molecule has 0 aromatic heterocycles. The fourth-order valence-electron chi connectivity index (χ4n) is 4.87. The van der Waals surface area contributed by atoms with Crippen LogP contribution >= 0.6 is 11.8 Å². The van der Waals surface area contributed by atoms with Crippen molar-refractivity contribution in [3.63, 3.8) is 0 Å². The molecule has 2 atom stereocenters. The molecule has 1 fully saturated rings. The van der Waals surface area contributed by atoms with Gasteiger partial charge in [-0.1, -0.05) is 85.9 Å². The lowest BCUT2D eigenvalue weighted by molar-refractivity contribution is -0.144. The number of hydrogen-bond donors (Lipinski definition) is 0. The third-order valence-electron chi connectivity index (χ3n) is 6.70. The van der Waals surface area contributed by atoms with Crippen LogP contribution in [0.25, 0.3) is 0 Å². The number of nitrogens with zero attached hydrogens (tertiary/aromatic N) is 2. The van der Waals surface area contributed by atoms with E-state index in [4.69, 9.17) is 8.92 Å². The Morgan fingerprint density at radius 1 is 1.00 bits per heavy atom. The van der Waals surface area contributed by atoms with Crippen LogP contribution in [0.15, 0.2) is 102 Å². The minimum absolute atomic E-state index is 0. The topological polar surface area (TPSA) is 110 Å². The molecule has 1 spiro atoms. The van der Waals surface area contributed by atoms with Crippen LogP contribution in [0.2, 0.25) is 0 Å². The Hall–Kier alpha value is -3.93. The second-order valence-corrected chi connectivity index (χ2v) is 12.1. The van der Waals surface area contributed by atoms with Crippen LogP contribution in [-0.2, 0) is 33.4 Å². The van der Waals surface area contributed by atoms with Gasteiger partial charge in [0.05, 0.1) is 16.7 Å². The number of hydrogen-bond acceptors (Lipinski definition) is 8. The van der Waals surface area contributed by atoms with Crippen molar-refractivity contribution in [2.24, 2.45) is 0 Å². The van der Waals surface area contributed by atoms with Crippen LogP contribution in [0, 0.1) is 0 Å². The summed E-state index contributed by atoms with van der Waals surface area (Å²) in [5.41, 5.74) is 1.29. The van der Waals surface area contributed by atoms with Crippen molar-refractivity contribution in [2.45, 2.75) is 42.2 Å². The van der Waals surface area contributed by atoms with Crippen LogP contribution in [0.3, 0.4) is 0 Å². The maximum Gasteiger partial charge on any atom is 0.342 e. The SMILES string of the molecule is C.CC(=O)N1c2cccc(c2)S(=O)(=O)OC12S[C@@H]1CC(=O)N1C=C2C(=O)OC(c1ccccc1)c1ccccc1. The van der Waals surface area contributed by atoms with Crippen molar-refractivity contribution in [2.75, 3.05) is 4.90 Å². The Balaban J connectivity index is 0.00000323. The molecule has 206 valence electrons. The molecule has 0 N–H and O–H groups in total. The molecule has 40 heavy (non-hydrogen) atoms. The van der Waals surface area contributed by atoms with Gasteiger partial charge in [0.2, 0.25) is 11.8 Å². The summed E-state index contributed by atoms with van der Waals surface area (Å²) in [4.78, 5) is 41.9. The molecule has 3 aliphatic rings. The van der Waals surface area contributed by atoms with Crippen molar-refractivity contribution >= 4 is 45.4 Å². The Bertz CT molecular complexity index is 1590. The monoisotopic (exact) mass is 578 g/mol. The van der Waals surface area contributed by atoms with E-state index in [1.54, 1.807) is 30.3 Å². The van der Waals surface area contributed by atoms with Gasteiger partial charge in [0.25, 0.3) is 15.2 Å². The first-order valence-corrected chi connectivity index (χ1v) is 14.4. The lowest BCUT2D eigenvalue weighted by Crippen LogP contribution is -2.62. The molecule has 0 aliphatic carbocycles. The number of carbonyl (C=O) groups excluding carboxylic acids is 3. The first kappa shape index (κ1) is 27.6. The number of anilines is 1. The van der Waals surface area contributed by atoms with Crippen LogP contribution in [0.5, 0.6) is 0 Å². The summed E-state index contributed by atoms with van der Waals surface area (Å²) in [6.07, 6.45) is 0.484. The zero-order valence-electron chi connectivity index (χ0n) is 20.6. The summed E-state index contributed by atoms with van der Waals surface area (Å²) in [5, 5.41) is -2.68. The summed E-state index contributed by atoms with van der Waals surface area (Å²) < 4.78 is 38.6. The maximum atomic E-state index is 14.1. The minimum Gasteiger partial charge on any atom is -0.449 e. The number of ether oxygens (including phenoxy) is 1. The molecule has 0 radical (unpaired) electrons. The molecule has 1 saturated heterocycles. The van der Waals surface area contributed by atoms with Crippen molar-refractivity contribution in [1.82, 2.24) is 4.90 Å². The highest BCUT2D eigenvalue weighted by atomic mass is 32.2. The van der Waals surface area contributed by atoms with E-state index in [-0.39, 0.29) is 35.9 Å². The van der Waals surface area contributed by atoms with E-state index in [2.05, 4.69) is 0 Å². The highest BCUT2D eigenvalue weighted by Gasteiger charge is 2.60. The molecule has 3 aliphatic heterocycles. The average Bonchev–Trinajstić information content (AvgIpc) is 2.97. The van der Waals surface area contributed by atoms with Crippen LogP contribution in [-0.4, -0.2) is 41.5 Å². The van der Waals surface area contributed by atoms with Crippen LogP contribution < -0.4 is 4.90 Å². The van der Waals surface area contributed by atoms with Gasteiger partial charge in [-0.05, 0) is 29.3 Å². The smallest absolute Gasteiger partial charge is 0.342 e. The fraction of sp³-hybridized carbons (Fsp3) is 0.207. The number of carbonyl (C=O) groups is 3. The Kier molecular flexibility index (Phi) is 7.07. The zero-order valence-corrected chi connectivity index (χ0v) is 22.2. The van der Waals surface area contributed by atoms with Gasteiger partial charge in [-0.25, -0.2) is 8.98 Å². The quantitative estimate of drug-likeness (QED) is 0.252. The van der Waals surface area contributed by atoms with Crippen molar-refractivity contribution < 1.29 is 31.7 Å². The van der Waals surface area contributed by atoms with Gasteiger partial charge >= 0.3 is 5.97 Å². The van der Waals surface area contributed by atoms with Gasteiger partial charge in [0.1, 0.15) is 5.57 Å². The first-order chi connectivity index (χ1) is 18.7. The number of benzene rings is 3. The zero-order chi connectivity index (χ0) is 27.4. The number of thioether (sulfide) groups is 1. The maximum absolute atomic E-state index is 14.1. The van der Waals surface area contributed by atoms with Crippen molar-refractivity contribution in [3.8, 4) is 0 Å². The second kappa shape index (κ2) is 10.2. The number of β-lactam (4-membered cyclic amide) rings is 1. The van der Waals surface area contributed by atoms with Crippen molar-refractivity contribution in [1.29, 1.82) is 0 Å². The van der Waals surface area contributed by atoms with E-state index < -0.39 is 38.5 Å². The summed E-state index contributed by atoms with van der Waals surface area (Å²) in [6.45, 7) is 1.26. The molecule has 3 heterocycles. The predicted molar refractivity (Wildman–Crippen MR) is 149 cm³/mol. The van der Waals surface area contributed by atoms with Crippen LogP contribution in [0.1, 0.15) is 38.0 Å². The Labute approximate surface area is 236 Å². The molecular weight excluding hydrogens is 552 g/mol. The summed E-state index contributed by atoms with van der Waals surface area (Å²) in [5.74, 6) is -1.74. The molecule has 6 rings (SSSR count). The van der Waals surface area contributed by atoms with E-state index in [0.717, 1.165) is 16.7 Å². The van der Waals surface area contributed by atoms with Gasteiger partial charge in [-0.3, -0.25) is 14.5 Å². The van der Waals surface area contributed by atoms with Gasteiger partial charge in [-0.15, -0.1) is 0 Å². The summed E-state index contributed by atoms with van der Waals surface area (Å²) in [6, 6.07) is 23.9. The average molecular weight is 579 g/mol. The predicted octanol–water partition coefficient (Wildman–Crippen LogP) is 4.57.